The van der Waals surface area contributed by atoms with Crippen molar-refractivity contribution >= 4 is 34.9 Å². The van der Waals surface area contributed by atoms with Gasteiger partial charge in [-0.15, -0.1) is 11.3 Å². The van der Waals surface area contributed by atoms with Gasteiger partial charge in [-0.3, -0.25) is 4.79 Å². The van der Waals surface area contributed by atoms with Crippen molar-refractivity contribution in [2.24, 2.45) is 0 Å². The summed E-state index contributed by atoms with van der Waals surface area (Å²) in [7, 11) is 0. The highest BCUT2D eigenvalue weighted by molar-refractivity contribution is 7.16. The van der Waals surface area contributed by atoms with Crippen LogP contribution in [0, 0.1) is 0 Å². The molecule has 1 heterocycles. The second kappa shape index (κ2) is 6.92. The van der Waals surface area contributed by atoms with E-state index in [1.165, 1.54) is 18.3 Å². The predicted octanol–water partition coefficient (Wildman–Crippen LogP) is 1.99. The fraction of sp³-hybridized carbons (Fsp3) is 0.500. The number of thiophene rings is 1. The zero-order chi connectivity index (χ0) is 15.3. The van der Waals surface area contributed by atoms with E-state index in [2.05, 4.69) is 10.6 Å². The van der Waals surface area contributed by atoms with Crippen molar-refractivity contribution in [3.63, 3.8) is 0 Å². The van der Waals surface area contributed by atoms with Crippen molar-refractivity contribution < 1.29 is 19.8 Å². The van der Waals surface area contributed by atoms with Crippen molar-refractivity contribution in [3.05, 3.63) is 21.3 Å². The summed E-state index contributed by atoms with van der Waals surface area (Å²) in [6.07, 6.45) is -0.441. The van der Waals surface area contributed by atoms with Crippen molar-refractivity contribution in [1.29, 1.82) is 0 Å². The SMILES string of the molecule is CC(NC(=O)NCC(C)(O)CC(=O)O)c1ccc(Cl)s1. The lowest BCUT2D eigenvalue weighted by Crippen LogP contribution is -2.46. The molecule has 1 rings (SSSR count). The van der Waals surface area contributed by atoms with Gasteiger partial charge >= 0.3 is 12.0 Å². The number of aliphatic hydroxyl groups is 1. The van der Waals surface area contributed by atoms with Gasteiger partial charge in [0.25, 0.3) is 0 Å². The number of carbonyl (C=O) groups excluding carboxylic acids is 1. The molecule has 2 amide bonds. The van der Waals surface area contributed by atoms with Gasteiger partial charge in [-0.2, -0.15) is 0 Å². The molecule has 2 atom stereocenters. The maximum atomic E-state index is 11.7. The van der Waals surface area contributed by atoms with Crippen LogP contribution < -0.4 is 10.6 Å². The third-order valence-electron chi connectivity index (χ3n) is 2.53. The number of carboxylic acid groups (broad SMARTS) is 1. The standard InChI is InChI=1S/C12H17ClN2O4S/c1-7(8-3-4-9(13)20-8)15-11(18)14-6-12(2,19)5-10(16)17/h3-4,7,19H,5-6H2,1-2H3,(H,16,17)(H2,14,15,18). The number of halogens is 1. The van der Waals surface area contributed by atoms with Crippen LogP contribution >= 0.6 is 22.9 Å². The minimum Gasteiger partial charge on any atom is -0.481 e. The van der Waals surface area contributed by atoms with Gasteiger partial charge in [0, 0.05) is 11.4 Å². The van der Waals surface area contributed by atoms with E-state index < -0.39 is 24.0 Å². The quantitative estimate of drug-likeness (QED) is 0.644. The van der Waals surface area contributed by atoms with Crippen LogP contribution in [0.2, 0.25) is 4.34 Å². The Morgan fingerprint density at radius 1 is 1.50 bits per heavy atom. The van der Waals surface area contributed by atoms with Crippen LogP contribution in [-0.4, -0.2) is 34.4 Å². The molecule has 6 nitrogen and oxygen atoms in total. The highest BCUT2D eigenvalue weighted by Gasteiger charge is 2.25. The zero-order valence-corrected chi connectivity index (χ0v) is 12.7. The van der Waals surface area contributed by atoms with E-state index in [4.69, 9.17) is 16.7 Å². The fourth-order valence-electron chi connectivity index (χ4n) is 1.54. The number of amides is 2. The largest absolute Gasteiger partial charge is 0.481 e. The summed E-state index contributed by atoms with van der Waals surface area (Å²) in [4.78, 5) is 23.1. The van der Waals surface area contributed by atoms with Gasteiger partial charge in [0.05, 0.1) is 22.4 Å². The van der Waals surface area contributed by atoms with Crippen molar-refractivity contribution in [3.8, 4) is 0 Å². The second-order valence-corrected chi connectivity index (χ2v) is 6.50. The number of hydrogen-bond acceptors (Lipinski definition) is 4. The van der Waals surface area contributed by atoms with E-state index in [0.717, 1.165) is 4.88 Å². The molecule has 1 aromatic rings. The van der Waals surface area contributed by atoms with Gasteiger partial charge in [-0.05, 0) is 26.0 Å². The summed E-state index contributed by atoms with van der Waals surface area (Å²) < 4.78 is 0.637. The minimum absolute atomic E-state index is 0.150. The molecule has 0 spiro atoms. The molecule has 0 aromatic carbocycles. The van der Waals surface area contributed by atoms with Gasteiger partial charge in [-0.25, -0.2) is 4.79 Å². The van der Waals surface area contributed by atoms with Gasteiger partial charge < -0.3 is 20.8 Å². The number of urea groups is 1. The molecule has 8 heteroatoms. The van der Waals surface area contributed by atoms with Crippen molar-refractivity contribution in [2.45, 2.75) is 31.9 Å². The number of aliphatic carboxylic acids is 1. The summed E-state index contributed by atoms with van der Waals surface area (Å²) >= 11 is 7.18. The van der Waals surface area contributed by atoms with Crippen molar-refractivity contribution in [2.75, 3.05) is 6.54 Å². The first-order valence-corrected chi connectivity index (χ1v) is 7.13. The maximum absolute atomic E-state index is 11.7. The molecule has 112 valence electrons. The summed E-state index contributed by atoms with van der Waals surface area (Å²) in [6.45, 7) is 3.00. The average Bonchev–Trinajstić information content (AvgIpc) is 2.72. The highest BCUT2D eigenvalue weighted by atomic mass is 35.5. The number of hydrogen-bond donors (Lipinski definition) is 4. The molecule has 2 unspecified atom stereocenters. The molecule has 1 aromatic heterocycles. The zero-order valence-electron chi connectivity index (χ0n) is 11.1. The van der Waals surface area contributed by atoms with Crippen LogP contribution in [0.3, 0.4) is 0 Å². The second-order valence-electron chi connectivity index (χ2n) is 4.76. The fourth-order valence-corrected chi connectivity index (χ4v) is 2.60. The molecular weight excluding hydrogens is 304 g/mol. The van der Waals surface area contributed by atoms with E-state index in [9.17, 15) is 14.7 Å². The Kier molecular flexibility index (Phi) is 5.79. The normalized spacial score (nSPS) is 15.2. The Balaban J connectivity index is 2.42. The lowest BCUT2D eigenvalue weighted by molar-refractivity contribution is -0.141. The van der Waals surface area contributed by atoms with E-state index in [0.29, 0.717) is 4.34 Å². The maximum Gasteiger partial charge on any atom is 0.315 e. The summed E-state index contributed by atoms with van der Waals surface area (Å²) in [5.74, 6) is -1.13. The Morgan fingerprint density at radius 3 is 2.65 bits per heavy atom. The molecule has 0 saturated heterocycles. The average molecular weight is 321 g/mol. The molecule has 4 N–H and O–H groups in total. The Hall–Kier alpha value is -1.31. The van der Waals surface area contributed by atoms with Gasteiger partial charge in [0.15, 0.2) is 0 Å². The first-order chi connectivity index (χ1) is 9.19. The third-order valence-corrected chi connectivity index (χ3v) is 3.94. The first kappa shape index (κ1) is 16.7. The van der Waals surface area contributed by atoms with E-state index >= 15 is 0 Å². The van der Waals surface area contributed by atoms with Crippen LogP contribution in [0.25, 0.3) is 0 Å². The minimum atomic E-state index is -1.49. The molecule has 0 fully saturated rings. The molecule has 0 aliphatic carbocycles. The van der Waals surface area contributed by atoms with Crippen LogP contribution in [-0.2, 0) is 4.79 Å². The topological polar surface area (TPSA) is 98.7 Å². The van der Waals surface area contributed by atoms with Gasteiger partial charge in [0.2, 0.25) is 0 Å². The van der Waals surface area contributed by atoms with E-state index in [1.54, 1.807) is 13.0 Å². The van der Waals surface area contributed by atoms with E-state index in [1.807, 2.05) is 6.07 Å². The molecule has 0 saturated carbocycles. The summed E-state index contributed by atoms with van der Waals surface area (Å²) in [6, 6.07) is 2.86. The van der Waals surface area contributed by atoms with Gasteiger partial charge in [0.1, 0.15) is 0 Å². The Morgan fingerprint density at radius 2 is 2.15 bits per heavy atom. The monoisotopic (exact) mass is 320 g/mol. The van der Waals surface area contributed by atoms with Crippen LogP contribution in [0.4, 0.5) is 4.79 Å². The van der Waals surface area contributed by atoms with E-state index in [-0.39, 0.29) is 12.6 Å². The van der Waals surface area contributed by atoms with Gasteiger partial charge in [-0.1, -0.05) is 11.6 Å². The van der Waals surface area contributed by atoms with Crippen molar-refractivity contribution in [1.82, 2.24) is 10.6 Å². The lowest BCUT2D eigenvalue weighted by Gasteiger charge is -2.22. The molecule has 0 radical (unpaired) electrons. The Bertz CT molecular complexity index is 490. The summed E-state index contributed by atoms with van der Waals surface area (Å²) in [5.41, 5.74) is -1.49. The molecule has 20 heavy (non-hydrogen) atoms. The number of carboxylic acids is 1. The highest BCUT2D eigenvalue weighted by Crippen LogP contribution is 2.26. The van der Waals surface area contributed by atoms with Crippen LogP contribution in [0.15, 0.2) is 12.1 Å². The molecule has 0 aliphatic rings. The predicted molar refractivity (Wildman–Crippen MR) is 77.2 cm³/mol. The molecule has 0 bridgehead atoms. The number of rotatable bonds is 6. The number of carbonyl (C=O) groups is 2. The molecule has 0 aliphatic heterocycles. The smallest absolute Gasteiger partial charge is 0.315 e. The van der Waals surface area contributed by atoms with Crippen LogP contribution in [0.1, 0.15) is 31.2 Å². The lowest BCUT2D eigenvalue weighted by atomic mass is 10.0. The molecular formula is C12H17ClN2O4S. The van der Waals surface area contributed by atoms with Crippen LogP contribution in [0.5, 0.6) is 0 Å². The first-order valence-electron chi connectivity index (χ1n) is 5.93. The Labute approximate surface area is 125 Å². The third kappa shape index (κ3) is 5.77. The summed E-state index contributed by atoms with van der Waals surface area (Å²) in [5, 5.41) is 23.5. The number of nitrogens with one attached hydrogen (secondary N) is 2.